The summed E-state index contributed by atoms with van der Waals surface area (Å²) in [5.74, 6) is 0. The molecule has 0 radical (unpaired) electrons. The maximum atomic E-state index is 6.46. The number of fused-ring (bicyclic) bond motifs is 24. The molecular weight excluding hydrogens is 1450 g/mol. The van der Waals surface area contributed by atoms with E-state index in [0.29, 0.717) is 0 Å². The third kappa shape index (κ3) is 10.6. The molecule has 20 aromatic rings. The molecule has 0 unspecified atom stereocenters. The molecule has 0 saturated heterocycles. The number of nitrogens with zero attached hydrogens (tertiary/aromatic N) is 2. The average molecular weight is 1540 g/mol. The molecule has 120 heavy (non-hydrogen) atoms. The number of hydrogen-bond donors (Lipinski definition) is 0. The Labute approximate surface area is 699 Å². The maximum absolute atomic E-state index is 6.46. The third-order valence-corrected chi connectivity index (χ3v) is 26.7. The highest BCUT2D eigenvalue weighted by Crippen LogP contribution is 2.66. The number of rotatable bonds is 10. The smallest absolute Gasteiger partial charge is 0.137 e. The molecule has 18 aromatic carbocycles. The molecule has 0 saturated carbocycles. The van der Waals surface area contributed by atoms with Crippen LogP contribution in [0, 0.1) is 0 Å². The van der Waals surface area contributed by atoms with Crippen molar-refractivity contribution in [1.82, 2.24) is 0 Å². The molecule has 2 aromatic heterocycles. The summed E-state index contributed by atoms with van der Waals surface area (Å²) in [6.45, 7) is 9.53. The van der Waals surface area contributed by atoms with Crippen molar-refractivity contribution < 1.29 is 8.83 Å². The van der Waals surface area contributed by atoms with Crippen molar-refractivity contribution in [1.29, 1.82) is 0 Å². The topological polar surface area (TPSA) is 32.8 Å². The van der Waals surface area contributed by atoms with Crippen molar-refractivity contribution >= 4 is 78.0 Å². The molecule has 4 nitrogen and oxygen atoms in total. The summed E-state index contributed by atoms with van der Waals surface area (Å²) >= 11 is 0. The molecule has 0 N–H and O–H groups in total. The van der Waals surface area contributed by atoms with Crippen LogP contribution in [0.3, 0.4) is 0 Å². The molecule has 2 heterocycles. The van der Waals surface area contributed by atoms with Crippen LogP contribution in [0.5, 0.6) is 0 Å². The number of hydrogen-bond acceptors (Lipinski definition) is 4. The minimum atomic E-state index is -0.448. The van der Waals surface area contributed by atoms with Gasteiger partial charge in [0.25, 0.3) is 0 Å². The van der Waals surface area contributed by atoms with Gasteiger partial charge in [0.1, 0.15) is 22.3 Å². The molecule has 0 aliphatic heterocycles. The fourth-order valence-corrected chi connectivity index (χ4v) is 21.4. The number of para-hydroxylation sites is 2. The third-order valence-electron chi connectivity index (χ3n) is 26.7. The highest BCUT2D eigenvalue weighted by molar-refractivity contribution is 6.08. The Balaban J connectivity index is 0.000000140. The quantitative estimate of drug-likeness (QED) is 0.137. The second kappa shape index (κ2) is 27.4. The van der Waals surface area contributed by atoms with Crippen molar-refractivity contribution in [2.45, 2.75) is 49.4 Å². The van der Waals surface area contributed by atoms with Gasteiger partial charge in [0.05, 0.1) is 10.8 Å². The van der Waals surface area contributed by atoms with Crippen LogP contribution in [0.1, 0.15) is 94.5 Å². The second-order valence-electron chi connectivity index (χ2n) is 33.6. The predicted molar refractivity (Wildman–Crippen MR) is 497 cm³/mol. The van der Waals surface area contributed by atoms with Gasteiger partial charge in [0, 0.05) is 78.6 Å². The first kappa shape index (κ1) is 70.6. The van der Waals surface area contributed by atoms with Crippen LogP contribution in [-0.4, -0.2) is 0 Å². The number of anilines is 6. The molecule has 4 aliphatic carbocycles. The fourth-order valence-electron chi connectivity index (χ4n) is 21.4. The second-order valence-corrected chi connectivity index (χ2v) is 33.6. The normalized spacial score (nSPS) is 14.1. The van der Waals surface area contributed by atoms with Crippen LogP contribution in [0.4, 0.5) is 34.1 Å². The summed E-state index contributed by atoms with van der Waals surface area (Å²) in [5, 5.41) is 4.49. The van der Waals surface area contributed by atoms with Gasteiger partial charge in [-0.3, -0.25) is 0 Å². The summed E-state index contributed by atoms with van der Waals surface area (Å²) in [7, 11) is 0. The van der Waals surface area contributed by atoms with Crippen LogP contribution in [0.25, 0.3) is 111 Å². The Morgan fingerprint density at radius 1 is 0.175 bits per heavy atom. The lowest BCUT2D eigenvalue weighted by molar-refractivity contribution is 0.563. The molecule has 0 amide bonds. The van der Waals surface area contributed by atoms with Crippen molar-refractivity contribution in [2.75, 3.05) is 9.80 Å². The van der Waals surface area contributed by atoms with E-state index < -0.39 is 10.8 Å². The summed E-state index contributed by atoms with van der Waals surface area (Å²) in [6.07, 6.45) is 0. The van der Waals surface area contributed by atoms with E-state index in [2.05, 4.69) is 438 Å². The van der Waals surface area contributed by atoms with Crippen LogP contribution in [0.2, 0.25) is 0 Å². The van der Waals surface area contributed by atoms with Crippen molar-refractivity contribution in [2.24, 2.45) is 0 Å². The number of furan rings is 2. The van der Waals surface area contributed by atoms with Crippen LogP contribution >= 0.6 is 0 Å². The molecule has 2 spiro atoms. The number of benzene rings is 18. The molecule has 24 rings (SSSR count). The van der Waals surface area contributed by atoms with Crippen molar-refractivity contribution in [3.05, 3.63) is 491 Å². The Morgan fingerprint density at radius 2 is 0.450 bits per heavy atom. The van der Waals surface area contributed by atoms with Gasteiger partial charge in [-0.2, -0.15) is 0 Å². The van der Waals surface area contributed by atoms with Crippen molar-refractivity contribution in [3.63, 3.8) is 0 Å². The van der Waals surface area contributed by atoms with Gasteiger partial charge in [-0.1, -0.05) is 355 Å². The first-order valence-electron chi connectivity index (χ1n) is 41.8. The summed E-state index contributed by atoms with van der Waals surface area (Å²) in [4.78, 5) is 4.70. The van der Waals surface area contributed by atoms with E-state index in [9.17, 15) is 0 Å². The van der Waals surface area contributed by atoms with E-state index in [1.165, 1.54) is 134 Å². The highest BCUT2D eigenvalue weighted by atomic mass is 16.3. The fraction of sp³-hybridized carbons (Fsp3) is 0.0690. The molecule has 0 bridgehead atoms. The maximum Gasteiger partial charge on any atom is 0.137 e. The van der Waals surface area contributed by atoms with Gasteiger partial charge >= 0.3 is 0 Å². The lowest BCUT2D eigenvalue weighted by Gasteiger charge is -2.46. The molecule has 4 heteroatoms. The monoisotopic (exact) mass is 1530 g/mol. The Hall–Kier alpha value is -14.8. The highest BCUT2D eigenvalue weighted by Gasteiger charge is 2.56. The lowest BCUT2D eigenvalue weighted by atomic mass is 9.55. The SMILES string of the molecule is CC1(C)c2ccccc2C2(c3ccccc3-c3c(-c4ccc(N(c5ccc(-c6ccccc6)cc5)c5ccc6c(c5)oc5ccccc56)cc4)cccc32)c2ccccc21.CC1(C)c2ccccc2C2(c3ccccc3-c3c(-c4cccc(N(c5ccc(-c6ccccc6)cc5)c5ccc6c(c5)oc5ccccc56)c4)cccc32)c2ccccc21. The minimum absolute atomic E-state index is 0.133. The van der Waals surface area contributed by atoms with Gasteiger partial charge < -0.3 is 18.6 Å². The zero-order valence-electron chi connectivity index (χ0n) is 67.1. The van der Waals surface area contributed by atoms with E-state index >= 15 is 0 Å². The van der Waals surface area contributed by atoms with Crippen LogP contribution in [-0.2, 0) is 21.7 Å². The van der Waals surface area contributed by atoms with Gasteiger partial charge in [-0.15, -0.1) is 0 Å². The Morgan fingerprint density at radius 3 is 0.867 bits per heavy atom. The zero-order valence-corrected chi connectivity index (χ0v) is 67.1. The summed E-state index contributed by atoms with van der Waals surface area (Å²) < 4.78 is 12.9. The lowest BCUT2D eigenvalue weighted by Crippen LogP contribution is -2.40. The van der Waals surface area contributed by atoms with E-state index in [4.69, 9.17) is 8.83 Å². The largest absolute Gasteiger partial charge is 0.456 e. The van der Waals surface area contributed by atoms with E-state index in [1.54, 1.807) is 0 Å². The van der Waals surface area contributed by atoms with Crippen LogP contribution in [0.15, 0.2) is 433 Å². The first-order chi connectivity index (χ1) is 59.0. The minimum Gasteiger partial charge on any atom is -0.456 e. The predicted octanol–water partition coefficient (Wildman–Crippen LogP) is 30.8. The zero-order chi connectivity index (χ0) is 80.0. The molecule has 4 aliphatic rings. The standard InChI is InChI=1S/2C58H41NO/c1-57(2)49-24-9-11-26-51(49)58(52-27-12-10-25-50(52)57)48-23-8-6-21-47(48)56-44(22-15-28-53(56)58)40-18-14-19-42(36-40)59(41-32-30-39(31-33-41)38-16-4-3-5-17-38)43-34-35-46-45-20-7-13-29-54(45)60-55(46)37-43;1-57(2)49-21-9-11-23-51(49)58(52-24-12-10-22-50(52)57)48-20-8-6-18-47(48)56-44(19-14-25-53(56)58)40-29-33-42(34-30-40)59(41-31-27-39(28-32-41)38-15-4-3-5-16-38)43-35-36-46-45-17-7-13-26-54(45)60-55(46)37-43/h2*3-37H,1-2H3. The Kier molecular flexibility index (Phi) is 16.1. The van der Waals surface area contributed by atoms with Gasteiger partial charge in [-0.05, 0) is 218 Å². The van der Waals surface area contributed by atoms with E-state index in [1.807, 2.05) is 24.3 Å². The molecule has 0 atom stereocenters. The van der Waals surface area contributed by atoms with Crippen LogP contribution < -0.4 is 9.80 Å². The first-order valence-corrected chi connectivity index (χ1v) is 41.8. The molecule has 568 valence electrons. The van der Waals surface area contributed by atoms with Gasteiger partial charge in [0.15, 0.2) is 0 Å². The summed E-state index contributed by atoms with van der Waals surface area (Å²) in [6, 6.07) is 156. The molecule has 0 fully saturated rings. The van der Waals surface area contributed by atoms with Gasteiger partial charge in [0.2, 0.25) is 0 Å². The molecular formula is C116H82N2O2. The summed E-state index contributed by atoms with van der Waals surface area (Å²) in [5.41, 5.74) is 40.0. The average Bonchev–Trinajstić information content (AvgIpc) is 1.48. The van der Waals surface area contributed by atoms with E-state index in [0.717, 1.165) is 78.0 Å². The Bertz CT molecular complexity index is 7370. The van der Waals surface area contributed by atoms with Gasteiger partial charge in [-0.25, -0.2) is 0 Å². The van der Waals surface area contributed by atoms with E-state index in [-0.39, 0.29) is 10.8 Å². The van der Waals surface area contributed by atoms with Crippen molar-refractivity contribution in [3.8, 4) is 66.8 Å².